The van der Waals surface area contributed by atoms with E-state index in [9.17, 15) is 4.79 Å². The molecule has 0 aliphatic heterocycles. The van der Waals surface area contributed by atoms with Crippen LogP contribution in [0.15, 0.2) is 28.7 Å². The molecule has 7 heteroatoms. The number of hydrogen-bond donors (Lipinski definition) is 0. The molecule has 0 saturated carbocycles. The maximum Gasteiger partial charge on any atom is 0.295 e. The summed E-state index contributed by atoms with van der Waals surface area (Å²) in [7, 11) is 3.00. The second kappa shape index (κ2) is 8.60. The molecule has 0 saturated heterocycles. The number of rotatable bonds is 6. The molecule has 1 aromatic carbocycles. The molecule has 6 nitrogen and oxygen atoms in total. The van der Waals surface area contributed by atoms with Gasteiger partial charge in [0.2, 0.25) is 5.95 Å². The number of hydrogen-bond acceptors (Lipinski definition) is 5. The lowest BCUT2D eigenvalue weighted by atomic mass is 10.0. The molecule has 140 valence electrons. The monoisotopic (exact) mass is 420 g/mol. The number of benzene rings is 1. The van der Waals surface area contributed by atoms with E-state index < -0.39 is 0 Å². The molecule has 0 aliphatic carbocycles. The van der Waals surface area contributed by atoms with E-state index >= 15 is 0 Å². The highest BCUT2D eigenvalue weighted by Crippen LogP contribution is 2.33. The molecule has 0 aliphatic rings. The Morgan fingerprint density at radius 3 is 2.50 bits per heavy atom. The molecule has 1 heterocycles. The third-order valence-electron chi connectivity index (χ3n) is 4.11. The average molecular weight is 421 g/mol. The summed E-state index contributed by atoms with van der Waals surface area (Å²) in [6.07, 6.45) is 0. The van der Waals surface area contributed by atoms with Gasteiger partial charge < -0.3 is 4.90 Å². The van der Waals surface area contributed by atoms with Crippen LogP contribution in [0.4, 0.5) is 11.6 Å². The van der Waals surface area contributed by atoms with E-state index in [2.05, 4.69) is 57.9 Å². The van der Waals surface area contributed by atoms with Gasteiger partial charge in [-0.15, -0.1) is 0 Å². The smallest absolute Gasteiger partial charge is 0.295 e. The summed E-state index contributed by atoms with van der Waals surface area (Å²) in [5.74, 6) is 0.613. The molecular formula is C19H25BrN4O2. The van der Waals surface area contributed by atoms with Crippen LogP contribution in [0.2, 0.25) is 0 Å². The Balaban J connectivity index is 2.48. The van der Waals surface area contributed by atoms with Gasteiger partial charge in [-0.2, -0.15) is 0 Å². The van der Waals surface area contributed by atoms with E-state index in [1.807, 2.05) is 18.7 Å². The van der Waals surface area contributed by atoms with Crippen LogP contribution in [-0.2, 0) is 4.84 Å². The SMILES string of the molecule is CCN(c1nc(C)cc(C(=O)N(C)OC)n1)c1ccc(C(C)C)cc1Br. The number of aryl methyl sites for hydroxylation is 1. The Morgan fingerprint density at radius 2 is 1.96 bits per heavy atom. The number of carbonyl (C=O) groups excluding carboxylic acids is 1. The van der Waals surface area contributed by atoms with Crippen LogP contribution < -0.4 is 4.90 Å². The quantitative estimate of drug-likeness (QED) is 0.645. The number of aromatic nitrogens is 2. The number of hydroxylamine groups is 2. The summed E-state index contributed by atoms with van der Waals surface area (Å²) >= 11 is 3.66. The first-order valence-electron chi connectivity index (χ1n) is 8.53. The Labute approximate surface area is 163 Å². The Hall–Kier alpha value is -1.99. The van der Waals surface area contributed by atoms with Crippen molar-refractivity contribution < 1.29 is 9.63 Å². The second-order valence-corrected chi connectivity index (χ2v) is 7.14. The number of halogens is 1. The largest absolute Gasteiger partial charge is 0.310 e. The summed E-state index contributed by atoms with van der Waals surface area (Å²) in [6, 6.07) is 7.93. The molecule has 2 aromatic rings. The molecule has 0 bridgehead atoms. The Kier molecular flexibility index (Phi) is 6.72. The molecule has 1 amide bonds. The fraction of sp³-hybridized carbons (Fsp3) is 0.421. The first-order chi connectivity index (χ1) is 12.3. The van der Waals surface area contributed by atoms with Crippen molar-refractivity contribution in [3.63, 3.8) is 0 Å². The number of anilines is 2. The molecule has 2 rings (SSSR count). The predicted octanol–water partition coefficient (Wildman–Crippen LogP) is 4.46. The molecular weight excluding hydrogens is 396 g/mol. The fourth-order valence-electron chi connectivity index (χ4n) is 2.55. The maximum atomic E-state index is 12.4. The van der Waals surface area contributed by atoms with Gasteiger partial charge in [0.25, 0.3) is 5.91 Å². The highest BCUT2D eigenvalue weighted by atomic mass is 79.9. The minimum absolute atomic E-state index is 0.297. The topological polar surface area (TPSA) is 58.6 Å². The Morgan fingerprint density at radius 1 is 1.27 bits per heavy atom. The Bertz CT molecular complexity index is 795. The third-order valence-corrected chi connectivity index (χ3v) is 4.74. The van der Waals surface area contributed by atoms with E-state index in [0.29, 0.717) is 24.1 Å². The number of amides is 1. The summed E-state index contributed by atoms with van der Waals surface area (Å²) in [6.45, 7) is 8.85. The van der Waals surface area contributed by atoms with Crippen LogP contribution in [0.1, 0.15) is 48.4 Å². The minimum atomic E-state index is -0.315. The highest BCUT2D eigenvalue weighted by Gasteiger charge is 2.19. The van der Waals surface area contributed by atoms with Crippen molar-refractivity contribution >= 4 is 33.5 Å². The third kappa shape index (κ3) is 4.40. The van der Waals surface area contributed by atoms with Crippen molar-refractivity contribution in [3.05, 3.63) is 45.7 Å². The second-order valence-electron chi connectivity index (χ2n) is 6.29. The van der Waals surface area contributed by atoms with Crippen molar-refractivity contribution in [2.75, 3.05) is 25.6 Å². The van der Waals surface area contributed by atoms with Crippen LogP contribution in [0, 0.1) is 6.92 Å². The maximum absolute atomic E-state index is 12.4. The van der Waals surface area contributed by atoms with E-state index in [1.165, 1.54) is 12.7 Å². The summed E-state index contributed by atoms with van der Waals surface area (Å²) in [5.41, 5.74) is 3.22. The highest BCUT2D eigenvalue weighted by molar-refractivity contribution is 9.10. The molecule has 1 aromatic heterocycles. The zero-order valence-corrected chi connectivity index (χ0v) is 17.7. The van der Waals surface area contributed by atoms with Crippen LogP contribution >= 0.6 is 15.9 Å². The first-order valence-corrected chi connectivity index (χ1v) is 9.32. The number of carbonyl (C=O) groups is 1. The lowest BCUT2D eigenvalue weighted by Gasteiger charge is -2.24. The minimum Gasteiger partial charge on any atom is -0.310 e. The van der Waals surface area contributed by atoms with Crippen molar-refractivity contribution in [1.82, 2.24) is 15.0 Å². The van der Waals surface area contributed by atoms with Crippen molar-refractivity contribution in [2.45, 2.75) is 33.6 Å². The fourth-order valence-corrected chi connectivity index (χ4v) is 3.16. The molecule has 0 atom stereocenters. The lowest BCUT2D eigenvalue weighted by Crippen LogP contribution is -2.28. The van der Waals surface area contributed by atoms with Gasteiger partial charge in [0.15, 0.2) is 0 Å². The molecule has 26 heavy (non-hydrogen) atoms. The molecule has 0 fully saturated rings. The predicted molar refractivity (Wildman–Crippen MR) is 107 cm³/mol. The van der Waals surface area contributed by atoms with E-state index in [0.717, 1.165) is 20.9 Å². The van der Waals surface area contributed by atoms with Gasteiger partial charge in [-0.25, -0.2) is 15.0 Å². The van der Waals surface area contributed by atoms with Gasteiger partial charge in [0, 0.05) is 23.8 Å². The summed E-state index contributed by atoms with van der Waals surface area (Å²) in [4.78, 5) is 28.3. The van der Waals surface area contributed by atoms with Gasteiger partial charge in [0.1, 0.15) is 5.69 Å². The van der Waals surface area contributed by atoms with Crippen LogP contribution in [0.5, 0.6) is 0 Å². The van der Waals surface area contributed by atoms with E-state index in [4.69, 9.17) is 4.84 Å². The standard InChI is InChI=1S/C19H25BrN4O2/c1-7-24(17-9-8-14(12(2)3)11-15(17)20)19-21-13(4)10-16(22-19)18(25)23(5)26-6/h8-12H,7H2,1-6H3. The number of nitrogens with zero attached hydrogens (tertiary/aromatic N) is 4. The van der Waals surface area contributed by atoms with Gasteiger partial charge >= 0.3 is 0 Å². The summed E-state index contributed by atoms with van der Waals surface area (Å²) in [5, 5.41) is 1.15. The van der Waals surface area contributed by atoms with Gasteiger partial charge in [0.05, 0.1) is 12.8 Å². The van der Waals surface area contributed by atoms with Crippen LogP contribution in [0.3, 0.4) is 0 Å². The average Bonchev–Trinajstić information content (AvgIpc) is 2.61. The van der Waals surface area contributed by atoms with E-state index in [-0.39, 0.29) is 5.91 Å². The van der Waals surface area contributed by atoms with Gasteiger partial charge in [-0.3, -0.25) is 9.63 Å². The zero-order chi connectivity index (χ0) is 19.4. The molecule has 0 unspecified atom stereocenters. The zero-order valence-electron chi connectivity index (χ0n) is 16.1. The van der Waals surface area contributed by atoms with E-state index in [1.54, 1.807) is 13.1 Å². The van der Waals surface area contributed by atoms with Crippen molar-refractivity contribution in [1.29, 1.82) is 0 Å². The first kappa shape index (κ1) is 20.3. The molecule has 0 spiro atoms. The van der Waals surface area contributed by atoms with Crippen molar-refractivity contribution in [3.8, 4) is 0 Å². The summed E-state index contributed by atoms with van der Waals surface area (Å²) < 4.78 is 0.970. The lowest BCUT2D eigenvalue weighted by molar-refractivity contribution is -0.0760. The van der Waals surface area contributed by atoms with Crippen LogP contribution in [-0.4, -0.2) is 41.6 Å². The normalized spacial score (nSPS) is 10.9. The van der Waals surface area contributed by atoms with Crippen molar-refractivity contribution in [2.24, 2.45) is 0 Å². The molecule has 0 N–H and O–H groups in total. The van der Waals surface area contributed by atoms with Crippen LogP contribution in [0.25, 0.3) is 0 Å². The van der Waals surface area contributed by atoms with Gasteiger partial charge in [-0.1, -0.05) is 19.9 Å². The molecule has 0 radical (unpaired) electrons. The van der Waals surface area contributed by atoms with Gasteiger partial charge in [-0.05, 0) is 59.5 Å².